The summed E-state index contributed by atoms with van der Waals surface area (Å²) in [6.07, 6.45) is 4.15. The predicted octanol–water partition coefficient (Wildman–Crippen LogP) is 4.05. The van der Waals surface area contributed by atoms with E-state index in [1.165, 1.54) is 23.1 Å². The Morgan fingerprint density at radius 3 is 2.78 bits per heavy atom. The van der Waals surface area contributed by atoms with E-state index in [2.05, 4.69) is 22.4 Å². The highest BCUT2D eigenvalue weighted by Crippen LogP contribution is 2.20. The zero-order valence-electron chi connectivity index (χ0n) is 15.8. The Hall–Kier alpha value is -2.66. The van der Waals surface area contributed by atoms with E-state index in [1.807, 2.05) is 43.4 Å². The second-order valence-electron chi connectivity index (χ2n) is 7.05. The molecule has 1 heterocycles. The quantitative estimate of drug-likeness (QED) is 0.631. The van der Waals surface area contributed by atoms with Gasteiger partial charge in [-0.1, -0.05) is 30.3 Å². The summed E-state index contributed by atoms with van der Waals surface area (Å²) in [6.45, 7) is 0.461. The fraction of sp³-hybridized carbons (Fsp3) is 0.318. The topological polar surface area (TPSA) is 48.1 Å². The Morgan fingerprint density at radius 2 is 2.00 bits per heavy atom. The Morgan fingerprint density at radius 1 is 1.19 bits per heavy atom. The summed E-state index contributed by atoms with van der Waals surface area (Å²) < 4.78 is 13.5. The van der Waals surface area contributed by atoms with Gasteiger partial charge in [-0.3, -0.25) is 4.79 Å². The zero-order valence-corrected chi connectivity index (χ0v) is 15.8. The summed E-state index contributed by atoms with van der Waals surface area (Å²) in [7, 11) is 3.86. The van der Waals surface area contributed by atoms with Crippen LogP contribution in [0.25, 0.3) is 10.9 Å². The number of likely N-dealkylation sites (N-methyl/N-ethyl adjacent to an activating group) is 1. The summed E-state index contributed by atoms with van der Waals surface area (Å²) in [5, 5.41) is 4.21. The molecule has 0 radical (unpaired) electrons. The van der Waals surface area contributed by atoms with Crippen LogP contribution in [-0.2, 0) is 11.2 Å². The summed E-state index contributed by atoms with van der Waals surface area (Å²) in [4.78, 5) is 17.5. The smallest absolute Gasteiger partial charge is 0.220 e. The number of aryl methyl sites for hydroxylation is 1. The molecule has 2 N–H and O–H groups in total. The van der Waals surface area contributed by atoms with Gasteiger partial charge in [0.2, 0.25) is 5.91 Å². The van der Waals surface area contributed by atoms with Crippen LogP contribution in [0.3, 0.4) is 0 Å². The number of para-hydroxylation sites is 1. The number of hydrogen-bond acceptors (Lipinski definition) is 2. The molecule has 142 valence electrons. The summed E-state index contributed by atoms with van der Waals surface area (Å²) in [6, 6.07) is 14.7. The van der Waals surface area contributed by atoms with E-state index in [0.717, 1.165) is 23.9 Å². The van der Waals surface area contributed by atoms with Crippen molar-refractivity contribution in [2.24, 2.45) is 0 Å². The monoisotopic (exact) mass is 367 g/mol. The van der Waals surface area contributed by atoms with Crippen LogP contribution in [0.1, 0.15) is 30.0 Å². The lowest BCUT2D eigenvalue weighted by Gasteiger charge is -2.25. The molecule has 1 atom stereocenters. The lowest BCUT2D eigenvalue weighted by atomic mass is 10.1. The number of nitrogens with zero attached hydrogens (tertiary/aromatic N) is 1. The van der Waals surface area contributed by atoms with Crippen LogP contribution in [-0.4, -0.2) is 36.4 Å². The lowest BCUT2D eigenvalue weighted by molar-refractivity contribution is -0.121. The average Bonchev–Trinajstić information content (AvgIpc) is 3.05. The van der Waals surface area contributed by atoms with Crippen LogP contribution < -0.4 is 5.32 Å². The van der Waals surface area contributed by atoms with Crippen molar-refractivity contribution in [1.29, 1.82) is 0 Å². The van der Waals surface area contributed by atoms with Crippen molar-refractivity contribution in [3.63, 3.8) is 0 Å². The SMILES string of the molecule is CN(C)C(CNC(=O)CCCc1c[nH]c2ccccc12)c1cccc(F)c1. The third kappa shape index (κ3) is 4.95. The molecule has 0 aliphatic carbocycles. The van der Waals surface area contributed by atoms with Gasteiger partial charge in [0.05, 0.1) is 6.04 Å². The molecule has 1 unspecified atom stereocenters. The van der Waals surface area contributed by atoms with Crippen molar-refractivity contribution < 1.29 is 9.18 Å². The van der Waals surface area contributed by atoms with Crippen LogP contribution in [0.4, 0.5) is 4.39 Å². The Balaban J connectivity index is 1.50. The lowest BCUT2D eigenvalue weighted by Crippen LogP contribution is -2.34. The van der Waals surface area contributed by atoms with Crippen LogP contribution in [0.2, 0.25) is 0 Å². The minimum absolute atomic E-state index is 0.0260. The first-order chi connectivity index (χ1) is 13.0. The van der Waals surface area contributed by atoms with Gasteiger partial charge in [-0.05, 0) is 56.3 Å². The molecule has 0 aliphatic heterocycles. The Labute approximate surface area is 159 Å². The largest absolute Gasteiger partial charge is 0.361 e. The van der Waals surface area contributed by atoms with Crippen molar-refractivity contribution in [3.05, 3.63) is 71.7 Å². The molecule has 4 nitrogen and oxygen atoms in total. The van der Waals surface area contributed by atoms with Gasteiger partial charge in [0.25, 0.3) is 0 Å². The molecule has 5 heteroatoms. The molecule has 0 saturated carbocycles. The highest BCUT2D eigenvalue weighted by atomic mass is 19.1. The van der Waals surface area contributed by atoms with Crippen molar-refractivity contribution in [2.45, 2.75) is 25.3 Å². The third-order valence-electron chi connectivity index (χ3n) is 4.87. The average molecular weight is 367 g/mol. The Bertz CT molecular complexity index is 903. The van der Waals surface area contributed by atoms with Gasteiger partial charge < -0.3 is 15.2 Å². The van der Waals surface area contributed by atoms with Gasteiger partial charge >= 0.3 is 0 Å². The molecule has 0 fully saturated rings. The molecule has 2 aromatic carbocycles. The maximum absolute atomic E-state index is 13.5. The van der Waals surface area contributed by atoms with E-state index in [1.54, 1.807) is 6.07 Å². The number of fused-ring (bicyclic) bond motifs is 1. The first kappa shape index (κ1) is 19.1. The molecular weight excluding hydrogens is 341 g/mol. The van der Waals surface area contributed by atoms with Crippen LogP contribution in [0, 0.1) is 5.82 Å². The van der Waals surface area contributed by atoms with Crippen LogP contribution in [0.15, 0.2) is 54.7 Å². The minimum atomic E-state index is -0.260. The van der Waals surface area contributed by atoms with Crippen molar-refractivity contribution in [2.75, 3.05) is 20.6 Å². The Kier molecular flexibility index (Phi) is 6.24. The molecule has 1 aromatic heterocycles. The van der Waals surface area contributed by atoms with E-state index in [-0.39, 0.29) is 17.8 Å². The number of H-pyrrole nitrogens is 1. The van der Waals surface area contributed by atoms with Gasteiger partial charge in [-0.2, -0.15) is 0 Å². The van der Waals surface area contributed by atoms with Crippen molar-refractivity contribution in [3.8, 4) is 0 Å². The van der Waals surface area contributed by atoms with Crippen LogP contribution in [0.5, 0.6) is 0 Å². The standard InChI is InChI=1S/C22H26FN3O/c1-26(2)21(16-7-5-9-18(23)13-16)15-25-22(27)12-6-8-17-14-24-20-11-4-3-10-19(17)20/h3-5,7,9-11,13-14,21,24H,6,8,12,15H2,1-2H3,(H,25,27). The van der Waals surface area contributed by atoms with Gasteiger partial charge in [0, 0.05) is 30.1 Å². The van der Waals surface area contributed by atoms with E-state index in [0.29, 0.717) is 13.0 Å². The zero-order chi connectivity index (χ0) is 19.2. The molecule has 1 amide bonds. The maximum Gasteiger partial charge on any atom is 0.220 e. The number of halogens is 1. The number of hydrogen-bond donors (Lipinski definition) is 2. The highest BCUT2D eigenvalue weighted by Gasteiger charge is 2.16. The van der Waals surface area contributed by atoms with Crippen molar-refractivity contribution >= 4 is 16.8 Å². The summed E-state index contributed by atoms with van der Waals surface area (Å²) in [5.41, 5.74) is 3.23. The van der Waals surface area contributed by atoms with Crippen molar-refractivity contribution in [1.82, 2.24) is 15.2 Å². The van der Waals surface area contributed by atoms with E-state index >= 15 is 0 Å². The number of aromatic nitrogens is 1. The first-order valence-corrected chi connectivity index (χ1v) is 9.28. The van der Waals surface area contributed by atoms with Gasteiger partial charge in [-0.25, -0.2) is 4.39 Å². The minimum Gasteiger partial charge on any atom is -0.361 e. The summed E-state index contributed by atoms with van der Waals surface area (Å²) in [5.74, 6) is -0.234. The number of aromatic amines is 1. The number of carbonyl (C=O) groups excluding carboxylic acids is 1. The number of carbonyl (C=O) groups is 1. The maximum atomic E-state index is 13.5. The molecule has 0 spiro atoms. The molecule has 0 aliphatic rings. The molecular formula is C22H26FN3O. The number of benzene rings is 2. The molecule has 0 saturated heterocycles. The van der Waals surface area contributed by atoms with E-state index in [4.69, 9.17) is 0 Å². The molecule has 3 aromatic rings. The van der Waals surface area contributed by atoms with Gasteiger partial charge in [0.15, 0.2) is 0 Å². The first-order valence-electron chi connectivity index (χ1n) is 9.28. The fourth-order valence-corrected chi connectivity index (χ4v) is 3.39. The highest BCUT2D eigenvalue weighted by molar-refractivity contribution is 5.83. The second-order valence-corrected chi connectivity index (χ2v) is 7.05. The predicted molar refractivity (Wildman–Crippen MR) is 107 cm³/mol. The van der Waals surface area contributed by atoms with Gasteiger partial charge in [-0.15, -0.1) is 0 Å². The second kappa shape index (κ2) is 8.82. The number of nitrogens with one attached hydrogen (secondary N) is 2. The number of amides is 1. The van der Waals surface area contributed by atoms with Gasteiger partial charge in [0.1, 0.15) is 5.82 Å². The molecule has 0 bridgehead atoms. The molecule has 3 rings (SSSR count). The van der Waals surface area contributed by atoms with Crippen LogP contribution >= 0.6 is 0 Å². The normalized spacial score (nSPS) is 12.4. The summed E-state index contributed by atoms with van der Waals surface area (Å²) >= 11 is 0. The third-order valence-corrected chi connectivity index (χ3v) is 4.87. The molecule has 27 heavy (non-hydrogen) atoms. The fourth-order valence-electron chi connectivity index (χ4n) is 3.39. The number of rotatable bonds is 8. The van der Waals surface area contributed by atoms with E-state index < -0.39 is 0 Å². The van der Waals surface area contributed by atoms with E-state index in [9.17, 15) is 9.18 Å².